The molecular formula is C11H11ClN2O3. The molecule has 1 aliphatic heterocycles. The van der Waals surface area contributed by atoms with Crippen molar-refractivity contribution >= 4 is 29.2 Å². The molecule has 0 radical (unpaired) electrons. The lowest BCUT2D eigenvalue weighted by Crippen LogP contribution is -2.53. The van der Waals surface area contributed by atoms with E-state index in [9.17, 15) is 9.59 Å². The Morgan fingerprint density at radius 1 is 1.35 bits per heavy atom. The van der Waals surface area contributed by atoms with Gasteiger partial charge in [0.05, 0.1) is 5.92 Å². The number of nitrogens with two attached hydrogens (primary N) is 1. The van der Waals surface area contributed by atoms with Crippen LogP contribution >= 0.6 is 11.6 Å². The van der Waals surface area contributed by atoms with Gasteiger partial charge in [0.15, 0.2) is 0 Å². The van der Waals surface area contributed by atoms with Crippen LogP contribution in [-0.4, -0.2) is 35.0 Å². The Morgan fingerprint density at radius 2 is 2.00 bits per heavy atom. The summed E-state index contributed by atoms with van der Waals surface area (Å²) in [7, 11) is 0. The lowest BCUT2D eigenvalue weighted by atomic mass is 9.99. The Kier molecular flexibility index (Phi) is 2.93. The van der Waals surface area contributed by atoms with Crippen LogP contribution in [0.15, 0.2) is 18.2 Å². The molecule has 1 amide bonds. The maximum atomic E-state index is 11.9. The fraction of sp³-hybridized carbons (Fsp3) is 0.273. The third kappa shape index (κ3) is 2.34. The van der Waals surface area contributed by atoms with E-state index < -0.39 is 11.9 Å². The first-order valence-electron chi connectivity index (χ1n) is 5.05. The Hall–Kier alpha value is -1.75. The number of carboxylic acids is 1. The number of hydrogen-bond donors (Lipinski definition) is 2. The first-order chi connectivity index (χ1) is 7.97. The number of carboxylic acid groups (broad SMARTS) is 1. The summed E-state index contributed by atoms with van der Waals surface area (Å²) in [5.41, 5.74) is 6.38. The number of amides is 1. The zero-order valence-corrected chi connectivity index (χ0v) is 9.65. The van der Waals surface area contributed by atoms with Crippen LogP contribution in [0.5, 0.6) is 0 Å². The van der Waals surface area contributed by atoms with Gasteiger partial charge in [0.1, 0.15) is 0 Å². The van der Waals surface area contributed by atoms with E-state index in [1.807, 2.05) is 0 Å². The van der Waals surface area contributed by atoms with E-state index >= 15 is 0 Å². The maximum Gasteiger partial charge on any atom is 0.310 e. The average Bonchev–Trinajstić information content (AvgIpc) is 2.12. The van der Waals surface area contributed by atoms with Gasteiger partial charge in [0.2, 0.25) is 0 Å². The molecule has 1 fully saturated rings. The van der Waals surface area contributed by atoms with Gasteiger partial charge >= 0.3 is 5.97 Å². The molecule has 5 nitrogen and oxygen atoms in total. The molecule has 0 aliphatic carbocycles. The van der Waals surface area contributed by atoms with Crippen molar-refractivity contribution in [3.8, 4) is 0 Å². The van der Waals surface area contributed by atoms with Crippen LogP contribution in [-0.2, 0) is 4.79 Å². The monoisotopic (exact) mass is 254 g/mol. The molecule has 1 saturated heterocycles. The van der Waals surface area contributed by atoms with Crippen LogP contribution in [0.1, 0.15) is 10.4 Å². The molecular weight excluding hydrogens is 244 g/mol. The van der Waals surface area contributed by atoms with Gasteiger partial charge in [-0.05, 0) is 18.2 Å². The highest BCUT2D eigenvalue weighted by Gasteiger charge is 2.35. The molecule has 1 aliphatic rings. The van der Waals surface area contributed by atoms with Crippen molar-refractivity contribution < 1.29 is 14.7 Å². The highest BCUT2D eigenvalue weighted by Crippen LogP contribution is 2.22. The number of carbonyl (C=O) groups excluding carboxylic acids is 1. The summed E-state index contributed by atoms with van der Waals surface area (Å²) >= 11 is 5.79. The zero-order valence-electron chi connectivity index (χ0n) is 8.89. The second-order valence-corrected chi connectivity index (χ2v) is 4.45. The summed E-state index contributed by atoms with van der Waals surface area (Å²) in [4.78, 5) is 24.0. The Labute approximate surface area is 103 Å². The molecule has 90 valence electrons. The number of benzene rings is 1. The number of rotatable bonds is 2. The van der Waals surface area contributed by atoms with Crippen molar-refractivity contribution in [2.24, 2.45) is 5.92 Å². The third-order valence-electron chi connectivity index (χ3n) is 2.69. The largest absolute Gasteiger partial charge is 0.481 e. The quantitative estimate of drug-likeness (QED) is 0.774. The highest BCUT2D eigenvalue weighted by molar-refractivity contribution is 6.31. The molecule has 0 spiro atoms. The predicted octanol–water partition coefficient (Wildman–Crippen LogP) is 1.08. The molecule has 0 aromatic heterocycles. The molecule has 1 aromatic rings. The standard InChI is InChI=1S/C11H11ClN2O3/c12-8-1-6(2-9(13)3-8)10(15)14-4-7(5-14)11(16)17/h1-3,7H,4-5,13H2,(H,16,17). The minimum absolute atomic E-state index is 0.237. The van der Waals surface area contributed by atoms with Gasteiger partial charge < -0.3 is 15.7 Å². The Bertz CT molecular complexity index is 463. The molecule has 1 aromatic carbocycles. The lowest BCUT2D eigenvalue weighted by molar-refractivity contribution is -0.146. The zero-order chi connectivity index (χ0) is 12.6. The van der Waals surface area contributed by atoms with Gasteiger partial charge in [-0.1, -0.05) is 11.6 Å². The number of aliphatic carboxylic acids is 1. The summed E-state index contributed by atoms with van der Waals surface area (Å²) < 4.78 is 0. The SMILES string of the molecule is Nc1cc(Cl)cc(C(=O)N2CC(C(=O)O)C2)c1. The van der Waals surface area contributed by atoms with Gasteiger partial charge in [0.25, 0.3) is 5.91 Å². The van der Waals surface area contributed by atoms with Crippen molar-refractivity contribution in [3.05, 3.63) is 28.8 Å². The van der Waals surface area contributed by atoms with Gasteiger partial charge in [-0.2, -0.15) is 0 Å². The third-order valence-corrected chi connectivity index (χ3v) is 2.90. The first-order valence-corrected chi connectivity index (χ1v) is 5.43. The van der Waals surface area contributed by atoms with E-state index in [1.165, 1.54) is 17.0 Å². The van der Waals surface area contributed by atoms with Crippen LogP contribution in [0.2, 0.25) is 5.02 Å². The second kappa shape index (κ2) is 4.25. The number of likely N-dealkylation sites (tertiary alicyclic amines) is 1. The fourth-order valence-corrected chi connectivity index (χ4v) is 1.96. The molecule has 0 atom stereocenters. The fourth-order valence-electron chi connectivity index (χ4n) is 1.72. The lowest BCUT2D eigenvalue weighted by Gasteiger charge is -2.36. The number of carbonyl (C=O) groups is 2. The molecule has 2 rings (SSSR count). The normalized spacial score (nSPS) is 15.5. The molecule has 6 heteroatoms. The van der Waals surface area contributed by atoms with E-state index in [2.05, 4.69) is 0 Å². The van der Waals surface area contributed by atoms with Crippen molar-refractivity contribution in [1.82, 2.24) is 4.90 Å². The molecule has 17 heavy (non-hydrogen) atoms. The topological polar surface area (TPSA) is 83.6 Å². The van der Waals surface area contributed by atoms with Crippen LogP contribution in [0.4, 0.5) is 5.69 Å². The molecule has 0 unspecified atom stereocenters. The summed E-state index contributed by atoms with van der Waals surface area (Å²) in [6.45, 7) is 0.473. The van der Waals surface area contributed by atoms with Crippen LogP contribution in [0.3, 0.4) is 0 Å². The van der Waals surface area contributed by atoms with E-state index in [0.29, 0.717) is 16.3 Å². The Morgan fingerprint density at radius 3 is 2.53 bits per heavy atom. The number of nitrogens with zero attached hydrogens (tertiary/aromatic N) is 1. The van der Waals surface area contributed by atoms with Crippen molar-refractivity contribution in [1.29, 1.82) is 0 Å². The predicted molar refractivity (Wildman–Crippen MR) is 62.9 cm³/mol. The number of nitrogen functional groups attached to an aromatic ring is 1. The number of halogens is 1. The van der Waals surface area contributed by atoms with E-state index in [-0.39, 0.29) is 19.0 Å². The average molecular weight is 255 g/mol. The molecule has 0 saturated carbocycles. The number of anilines is 1. The highest BCUT2D eigenvalue weighted by atomic mass is 35.5. The smallest absolute Gasteiger partial charge is 0.310 e. The second-order valence-electron chi connectivity index (χ2n) is 4.02. The van der Waals surface area contributed by atoms with Crippen molar-refractivity contribution in [3.63, 3.8) is 0 Å². The van der Waals surface area contributed by atoms with Crippen LogP contribution in [0.25, 0.3) is 0 Å². The van der Waals surface area contributed by atoms with Crippen molar-refractivity contribution in [2.75, 3.05) is 18.8 Å². The molecule has 0 bridgehead atoms. The van der Waals surface area contributed by atoms with E-state index in [1.54, 1.807) is 6.07 Å². The summed E-state index contributed by atoms with van der Waals surface area (Å²) in [5, 5.41) is 9.10. The Balaban J connectivity index is 2.09. The van der Waals surface area contributed by atoms with Crippen LogP contribution in [0, 0.1) is 5.92 Å². The summed E-state index contributed by atoms with van der Waals surface area (Å²) in [5.74, 6) is -1.58. The molecule has 1 heterocycles. The summed E-state index contributed by atoms with van der Waals surface area (Å²) in [6, 6.07) is 4.60. The van der Waals surface area contributed by atoms with Gasteiger partial charge in [-0.3, -0.25) is 9.59 Å². The van der Waals surface area contributed by atoms with Gasteiger partial charge in [-0.15, -0.1) is 0 Å². The molecule has 3 N–H and O–H groups in total. The van der Waals surface area contributed by atoms with E-state index in [4.69, 9.17) is 22.4 Å². The number of hydrogen-bond acceptors (Lipinski definition) is 3. The minimum atomic E-state index is -0.875. The van der Waals surface area contributed by atoms with Gasteiger partial charge in [0, 0.05) is 29.4 Å². The van der Waals surface area contributed by atoms with E-state index in [0.717, 1.165) is 0 Å². The van der Waals surface area contributed by atoms with Crippen LogP contribution < -0.4 is 5.73 Å². The first kappa shape index (κ1) is 11.7. The summed E-state index contributed by atoms with van der Waals surface area (Å²) in [6.07, 6.45) is 0. The maximum absolute atomic E-state index is 11.9. The minimum Gasteiger partial charge on any atom is -0.481 e. The van der Waals surface area contributed by atoms with Crippen molar-refractivity contribution in [2.45, 2.75) is 0 Å². The van der Waals surface area contributed by atoms with Gasteiger partial charge in [-0.25, -0.2) is 0 Å².